The third-order valence-corrected chi connectivity index (χ3v) is 0. The zero-order chi connectivity index (χ0) is 6.41. The van der Waals surface area contributed by atoms with E-state index in [1.165, 1.54) is 0 Å². The molecule has 0 saturated carbocycles. The van der Waals surface area contributed by atoms with Crippen LogP contribution in [0.4, 0.5) is 0 Å². The van der Waals surface area contributed by atoms with Crippen LogP contribution >= 0.6 is 60.6 Å². The van der Waals surface area contributed by atoms with Crippen molar-refractivity contribution in [1.82, 2.24) is 0 Å². The van der Waals surface area contributed by atoms with E-state index >= 15 is 0 Å². The Hall–Kier alpha value is 2.02. The summed E-state index contributed by atoms with van der Waals surface area (Å²) in [5, 5.41) is -4.92. The zero-order valence-electron chi connectivity index (χ0n) is 5.62. The van der Waals surface area contributed by atoms with Gasteiger partial charge in [0, 0.05) is 0 Å². The molecule has 6 nitrogen and oxygen atoms in total. The van der Waals surface area contributed by atoms with Crippen molar-refractivity contribution in [2.24, 2.45) is 0 Å². The minimum atomic E-state index is -4.92. The molecule has 0 aromatic carbocycles. The fourth-order valence-electron chi connectivity index (χ4n) is 0. The second-order valence-corrected chi connectivity index (χ2v) is 28.1. The van der Waals surface area contributed by atoms with Crippen LogP contribution in [0.2, 0.25) is 0 Å². The van der Waals surface area contributed by atoms with E-state index in [2.05, 4.69) is 0 Å². The maximum absolute atomic E-state index is 5.01. The average molecular weight is 377 g/mol. The van der Waals surface area contributed by atoms with Crippen LogP contribution in [0.3, 0.4) is 0 Å². The number of hydrogen-bond donors (Lipinski definition) is 0. The summed E-state index contributed by atoms with van der Waals surface area (Å²) >= 11 is 0. The van der Waals surface area contributed by atoms with Crippen LogP contribution in [-0.2, 0) is 5.26 Å². The summed E-state index contributed by atoms with van der Waals surface area (Å²) in [7, 11) is 30.1. The van der Waals surface area contributed by atoms with Gasteiger partial charge in [-0.05, 0) is 0 Å². The molecule has 0 aromatic rings. The predicted molar refractivity (Wildman–Crippen MR) is 56.8 cm³/mol. The summed E-state index contributed by atoms with van der Waals surface area (Å²) < 4.78 is 0. The van der Waals surface area contributed by atoms with Crippen LogP contribution in [0.25, 0.3) is 0 Å². The van der Waals surface area contributed by atoms with Gasteiger partial charge in [0.15, 0.2) is 0 Å². The van der Waals surface area contributed by atoms with Crippen molar-refractivity contribution in [3.63, 3.8) is 0 Å². The van der Waals surface area contributed by atoms with Gasteiger partial charge in [0.2, 0.25) is 0 Å². The fourth-order valence-corrected chi connectivity index (χ4v) is 0. The average Bonchev–Trinajstić information content (AvgIpc) is 0.592. The summed E-state index contributed by atoms with van der Waals surface area (Å²) in [6.45, 7) is 0. The molecular formula is H12Cl6FeO6. The van der Waals surface area contributed by atoms with Gasteiger partial charge in [-0.15, -0.1) is 0 Å². The third kappa shape index (κ3) is 497. The molecular weight excluding hydrogens is 365 g/mol. The van der Waals surface area contributed by atoms with Crippen molar-refractivity contribution < 1.29 is 38.1 Å². The first kappa shape index (κ1) is 45.9. The number of hydrogen-bond acceptors (Lipinski definition) is 0. The van der Waals surface area contributed by atoms with Crippen LogP contribution < -0.4 is 0 Å². The molecule has 0 radical (unpaired) electrons. The Kier molecular flexibility index (Phi) is 29.0. The molecule has 0 spiro atoms. The molecule has 12 N–H and O–H groups in total. The van der Waals surface area contributed by atoms with E-state index in [1.807, 2.05) is 0 Å². The van der Waals surface area contributed by atoms with Gasteiger partial charge < -0.3 is 32.9 Å². The van der Waals surface area contributed by atoms with Crippen molar-refractivity contribution in [2.45, 2.75) is 0 Å². The quantitative estimate of drug-likeness (QED) is 0.478. The Labute approximate surface area is 98.1 Å². The van der Waals surface area contributed by atoms with E-state index < -0.39 is 5.26 Å². The van der Waals surface area contributed by atoms with Crippen molar-refractivity contribution in [3.05, 3.63) is 0 Å². The maximum atomic E-state index is 5.01. The van der Waals surface area contributed by atoms with E-state index in [0.29, 0.717) is 0 Å². The third-order valence-electron chi connectivity index (χ3n) is 0. The van der Waals surface area contributed by atoms with Crippen LogP contribution in [0, 0.1) is 0 Å². The number of halogens is 6. The van der Waals surface area contributed by atoms with E-state index in [-0.39, 0.29) is 32.9 Å². The second-order valence-electron chi connectivity index (χ2n) is 0.758. The van der Waals surface area contributed by atoms with Gasteiger partial charge >= 0.3 is 65.9 Å². The Morgan fingerprint density at radius 1 is 0.385 bits per heavy atom. The van der Waals surface area contributed by atoms with Crippen LogP contribution in [0.5, 0.6) is 0 Å². The van der Waals surface area contributed by atoms with Gasteiger partial charge in [-0.3, -0.25) is 0 Å². The molecule has 0 aromatic heterocycles. The summed E-state index contributed by atoms with van der Waals surface area (Å²) in [6.07, 6.45) is 0. The molecule has 0 unspecified atom stereocenters. The Morgan fingerprint density at radius 2 is 0.385 bits per heavy atom. The van der Waals surface area contributed by atoms with Gasteiger partial charge in [-0.1, -0.05) is 0 Å². The molecule has 0 bridgehead atoms. The van der Waals surface area contributed by atoms with Gasteiger partial charge in [-0.2, -0.15) is 0 Å². The first-order valence-corrected chi connectivity index (χ1v) is 9.92. The van der Waals surface area contributed by atoms with Crippen molar-refractivity contribution >= 4 is 60.6 Å². The summed E-state index contributed by atoms with van der Waals surface area (Å²) in [5.74, 6) is 0. The predicted octanol–water partition coefficient (Wildman–Crippen LogP) is -0.814. The molecule has 0 aliphatic heterocycles. The summed E-state index contributed by atoms with van der Waals surface area (Å²) in [4.78, 5) is 0. The van der Waals surface area contributed by atoms with E-state index in [4.69, 9.17) is 60.6 Å². The minimum absolute atomic E-state index is 0. The van der Waals surface area contributed by atoms with Crippen LogP contribution in [-0.4, -0.2) is 32.9 Å². The summed E-state index contributed by atoms with van der Waals surface area (Å²) in [6, 6.07) is 0. The van der Waals surface area contributed by atoms with Crippen LogP contribution in [0.15, 0.2) is 0 Å². The molecule has 0 saturated heterocycles. The Morgan fingerprint density at radius 3 is 0.385 bits per heavy atom. The van der Waals surface area contributed by atoms with Gasteiger partial charge in [0.05, 0.1) is 0 Å². The zero-order valence-corrected chi connectivity index (χ0v) is 11.3. The monoisotopic (exact) mass is 374 g/mol. The first-order chi connectivity index (χ1) is 2.45. The van der Waals surface area contributed by atoms with E-state index in [9.17, 15) is 0 Å². The van der Waals surface area contributed by atoms with E-state index in [1.54, 1.807) is 0 Å². The molecule has 0 heterocycles. The molecule has 13 heavy (non-hydrogen) atoms. The number of rotatable bonds is 0. The Bertz CT molecular complexity index is 75.7. The summed E-state index contributed by atoms with van der Waals surface area (Å²) in [5.41, 5.74) is 0. The van der Waals surface area contributed by atoms with Gasteiger partial charge in [-0.25, -0.2) is 0 Å². The molecule has 0 rings (SSSR count). The molecule has 0 fully saturated rings. The van der Waals surface area contributed by atoms with Crippen LogP contribution in [0.1, 0.15) is 0 Å². The van der Waals surface area contributed by atoms with Gasteiger partial charge in [0.1, 0.15) is 0 Å². The molecule has 0 amide bonds. The topological polar surface area (TPSA) is 189 Å². The van der Waals surface area contributed by atoms with Crippen molar-refractivity contribution in [1.29, 1.82) is 0 Å². The SMILES string of the molecule is O.O.O.O.O.O.[Cl][Fe]([Cl])([Cl])([Cl])([Cl])[Cl]. The second kappa shape index (κ2) is 8.20. The molecule has 0 aliphatic rings. The van der Waals surface area contributed by atoms with Crippen molar-refractivity contribution in [2.75, 3.05) is 0 Å². The van der Waals surface area contributed by atoms with E-state index in [0.717, 1.165) is 0 Å². The first-order valence-electron chi connectivity index (χ1n) is 0.802. The molecule has 0 atom stereocenters. The molecule has 0 aliphatic carbocycles. The van der Waals surface area contributed by atoms with Gasteiger partial charge in [0.25, 0.3) is 0 Å². The molecule has 98 valence electrons. The molecule has 13 heteroatoms. The normalized spacial score (nSPS) is 12.5. The fraction of sp³-hybridized carbons (Fsp3) is 0. The Balaban J connectivity index is -0.0000000120. The van der Waals surface area contributed by atoms with Crippen molar-refractivity contribution in [3.8, 4) is 0 Å². The standard InChI is InChI=1S/6ClH.Fe.6H2O/h6*1H;;6*1H2/q;;;;;;+6;;;;;;/p-6.